The van der Waals surface area contributed by atoms with Crippen molar-refractivity contribution >= 4 is 17.4 Å². The molecule has 1 amide bonds. The van der Waals surface area contributed by atoms with Crippen molar-refractivity contribution in [3.8, 4) is 0 Å². The zero-order chi connectivity index (χ0) is 18.5. The number of pyridine rings is 1. The van der Waals surface area contributed by atoms with Crippen LogP contribution in [0.5, 0.6) is 0 Å². The lowest BCUT2D eigenvalue weighted by molar-refractivity contribution is -0.117. The van der Waals surface area contributed by atoms with Crippen LogP contribution < -0.4 is 16.0 Å². The fourth-order valence-corrected chi connectivity index (χ4v) is 3.30. The van der Waals surface area contributed by atoms with Gasteiger partial charge in [-0.2, -0.15) is 0 Å². The molecule has 1 aromatic heterocycles. The van der Waals surface area contributed by atoms with Crippen LogP contribution in [0.1, 0.15) is 24.4 Å². The summed E-state index contributed by atoms with van der Waals surface area (Å²) in [5.41, 5.74) is 7.89. The summed E-state index contributed by atoms with van der Waals surface area (Å²) in [6.07, 6.45) is 4.12. The topological polar surface area (TPSA) is 74.5 Å². The number of carbonyl (C=O) groups is 1. The first-order valence-electron chi connectivity index (χ1n) is 9.03. The minimum absolute atomic E-state index is 0.261. The summed E-state index contributed by atoms with van der Waals surface area (Å²) < 4.78 is 0. The lowest BCUT2D eigenvalue weighted by Gasteiger charge is -2.36. The largest absolute Gasteiger partial charge is 0.370 e. The van der Waals surface area contributed by atoms with Crippen LogP contribution in [0.2, 0.25) is 0 Å². The molecule has 1 saturated heterocycles. The molecular formula is C20H27N5O. The molecule has 1 aliphatic heterocycles. The van der Waals surface area contributed by atoms with Crippen LogP contribution in [0.25, 0.3) is 0 Å². The molecule has 6 nitrogen and oxygen atoms in total. The Balaban J connectivity index is 1.57. The van der Waals surface area contributed by atoms with Gasteiger partial charge in [0.05, 0.1) is 11.9 Å². The van der Waals surface area contributed by atoms with Crippen LogP contribution in [-0.4, -0.2) is 49.0 Å². The first-order chi connectivity index (χ1) is 12.5. The SMILES string of the molecule is CN(C)C1CCN(c2ccc(NC(=O)C(N)c3ccccc3)nc2)CC1. The summed E-state index contributed by atoms with van der Waals surface area (Å²) in [7, 11) is 4.28. The summed E-state index contributed by atoms with van der Waals surface area (Å²) in [6.45, 7) is 2.05. The molecule has 1 aliphatic rings. The second kappa shape index (κ2) is 8.29. The standard InChI is InChI=1S/C20H27N5O/c1-24(2)16-10-12-25(13-11-16)17-8-9-18(22-14-17)23-20(26)19(21)15-6-4-3-5-7-15/h3-9,14,16,19H,10-13,21H2,1-2H3,(H,22,23,26). The van der Waals surface area contributed by atoms with Gasteiger partial charge in [-0.3, -0.25) is 4.79 Å². The Hall–Kier alpha value is -2.44. The number of nitrogens with two attached hydrogens (primary N) is 1. The van der Waals surface area contributed by atoms with Crippen molar-refractivity contribution < 1.29 is 4.79 Å². The number of amides is 1. The van der Waals surface area contributed by atoms with E-state index in [2.05, 4.69) is 34.2 Å². The van der Waals surface area contributed by atoms with Gasteiger partial charge in [0.15, 0.2) is 0 Å². The quantitative estimate of drug-likeness (QED) is 0.862. The monoisotopic (exact) mass is 353 g/mol. The number of benzene rings is 1. The smallest absolute Gasteiger partial charge is 0.247 e. The average Bonchev–Trinajstić information content (AvgIpc) is 2.68. The van der Waals surface area contributed by atoms with Gasteiger partial charge in [-0.25, -0.2) is 4.98 Å². The van der Waals surface area contributed by atoms with Gasteiger partial charge in [-0.1, -0.05) is 30.3 Å². The van der Waals surface area contributed by atoms with E-state index in [4.69, 9.17) is 5.73 Å². The fourth-order valence-electron chi connectivity index (χ4n) is 3.30. The van der Waals surface area contributed by atoms with Gasteiger partial charge < -0.3 is 20.9 Å². The third kappa shape index (κ3) is 4.39. The van der Waals surface area contributed by atoms with E-state index >= 15 is 0 Å². The van der Waals surface area contributed by atoms with Gasteiger partial charge in [-0.15, -0.1) is 0 Å². The molecule has 0 spiro atoms. The molecule has 3 N–H and O–H groups in total. The Kier molecular flexibility index (Phi) is 5.85. The third-order valence-corrected chi connectivity index (χ3v) is 5.00. The lowest BCUT2D eigenvalue weighted by atomic mass is 10.0. The summed E-state index contributed by atoms with van der Waals surface area (Å²) >= 11 is 0. The van der Waals surface area contributed by atoms with E-state index in [-0.39, 0.29) is 5.91 Å². The van der Waals surface area contributed by atoms with Crippen molar-refractivity contribution in [2.24, 2.45) is 5.73 Å². The number of nitrogens with zero attached hydrogens (tertiary/aromatic N) is 3. The number of anilines is 2. The van der Waals surface area contributed by atoms with Crippen LogP contribution >= 0.6 is 0 Å². The van der Waals surface area contributed by atoms with E-state index in [0.717, 1.165) is 37.2 Å². The summed E-state index contributed by atoms with van der Waals surface area (Å²) in [6, 6.07) is 13.1. The molecule has 26 heavy (non-hydrogen) atoms. The van der Waals surface area contributed by atoms with Crippen molar-refractivity contribution in [2.75, 3.05) is 37.4 Å². The van der Waals surface area contributed by atoms with Crippen LogP contribution in [-0.2, 0) is 4.79 Å². The highest BCUT2D eigenvalue weighted by Crippen LogP contribution is 2.22. The maximum absolute atomic E-state index is 12.3. The van der Waals surface area contributed by atoms with Gasteiger partial charge in [-0.05, 0) is 44.6 Å². The van der Waals surface area contributed by atoms with E-state index in [1.807, 2.05) is 48.7 Å². The molecule has 1 atom stereocenters. The first-order valence-corrected chi connectivity index (χ1v) is 9.03. The minimum Gasteiger partial charge on any atom is -0.370 e. The van der Waals surface area contributed by atoms with E-state index in [1.165, 1.54) is 0 Å². The van der Waals surface area contributed by atoms with Gasteiger partial charge in [0, 0.05) is 19.1 Å². The molecule has 0 bridgehead atoms. The van der Waals surface area contributed by atoms with Crippen LogP contribution in [0.3, 0.4) is 0 Å². The molecule has 0 radical (unpaired) electrons. The second-order valence-corrected chi connectivity index (χ2v) is 6.96. The van der Waals surface area contributed by atoms with Crippen molar-refractivity contribution in [1.82, 2.24) is 9.88 Å². The van der Waals surface area contributed by atoms with Crippen molar-refractivity contribution in [1.29, 1.82) is 0 Å². The Morgan fingerprint density at radius 2 is 1.88 bits per heavy atom. The van der Waals surface area contributed by atoms with E-state index in [0.29, 0.717) is 11.9 Å². The van der Waals surface area contributed by atoms with E-state index in [1.54, 1.807) is 0 Å². The zero-order valence-electron chi connectivity index (χ0n) is 15.4. The van der Waals surface area contributed by atoms with Crippen LogP contribution in [0, 0.1) is 0 Å². The van der Waals surface area contributed by atoms with Crippen LogP contribution in [0.4, 0.5) is 11.5 Å². The molecule has 1 aromatic carbocycles. The Bertz CT molecular complexity index is 709. The summed E-state index contributed by atoms with van der Waals surface area (Å²) in [5.74, 6) is 0.261. The molecule has 0 aliphatic carbocycles. The molecule has 1 fully saturated rings. The summed E-state index contributed by atoms with van der Waals surface area (Å²) in [4.78, 5) is 21.3. The molecule has 138 valence electrons. The van der Waals surface area contributed by atoms with Gasteiger partial charge in [0.1, 0.15) is 11.9 Å². The number of hydrogen-bond acceptors (Lipinski definition) is 5. The summed E-state index contributed by atoms with van der Waals surface area (Å²) in [5, 5.41) is 2.79. The number of hydrogen-bond donors (Lipinski definition) is 2. The van der Waals surface area contributed by atoms with Gasteiger partial charge in [0.25, 0.3) is 0 Å². The van der Waals surface area contributed by atoms with Crippen molar-refractivity contribution in [3.05, 3.63) is 54.2 Å². The highest BCUT2D eigenvalue weighted by atomic mass is 16.2. The predicted octanol–water partition coefficient (Wildman–Crippen LogP) is 2.25. The molecule has 0 saturated carbocycles. The Morgan fingerprint density at radius 1 is 1.19 bits per heavy atom. The maximum Gasteiger partial charge on any atom is 0.247 e. The highest BCUT2D eigenvalue weighted by Gasteiger charge is 2.21. The molecule has 2 aromatic rings. The van der Waals surface area contributed by atoms with Gasteiger partial charge in [0.2, 0.25) is 5.91 Å². The number of rotatable bonds is 5. The number of carbonyl (C=O) groups excluding carboxylic acids is 1. The molecule has 2 heterocycles. The number of aromatic nitrogens is 1. The Morgan fingerprint density at radius 3 is 2.46 bits per heavy atom. The number of nitrogens with one attached hydrogen (secondary N) is 1. The van der Waals surface area contributed by atoms with E-state index < -0.39 is 6.04 Å². The molecular weight excluding hydrogens is 326 g/mol. The Labute approximate surface area is 155 Å². The zero-order valence-corrected chi connectivity index (χ0v) is 15.4. The number of piperidine rings is 1. The second-order valence-electron chi connectivity index (χ2n) is 6.96. The van der Waals surface area contributed by atoms with Crippen molar-refractivity contribution in [2.45, 2.75) is 24.9 Å². The fraction of sp³-hybridized carbons (Fsp3) is 0.400. The van der Waals surface area contributed by atoms with Crippen LogP contribution in [0.15, 0.2) is 48.7 Å². The normalized spacial score (nSPS) is 16.5. The maximum atomic E-state index is 12.3. The highest BCUT2D eigenvalue weighted by molar-refractivity contribution is 5.94. The third-order valence-electron chi connectivity index (χ3n) is 5.00. The molecule has 3 rings (SSSR count). The van der Waals surface area contributed by atoms with E-state index in [9.17, 15) is 4.79 Å². The first kappa shape index (κ1) is 18.4. The molecule has 6 heteroatoms. The minimum atomic E-state index is -0.706. The average molecular weight is 353 g/mol. The van der Waals surface area contributed by atoms with Crippen molar-refractivity contribution in [3.63, 3.8) is 0 Å². The lowest BCUT2D eigenvalue weighted by Crippen LogP contribution is -2.42. The molecule has 1 unspecified atom stereocenters. The predicted molar refractivity (Wildman–Crippen MR) is 105 cm³/mol. The van der Waals surface area contributed by atoms with Gasteiger partial charge >= 0.3 is 0 Å².